The van der Waals surface area contributed by atoms with Crippen LogP contribution in [-0.4, -0.2) is 52.9 Å². The molecular formula is C26H21F2N6O3+. The summed E-state index contributed by atoms with van der Waals surface area (Å²) in [5.41, 5.74) is 7.69. The molecule has 2 N–H and O–H groups in total. The fourth-order valence-corrected chi connectivity index (χ4v) is 5.14. The number of aliphatic imine (C=N–C) groups is 1. The van der Waals surface area contributed by atoms with Crippen molar-refractivity contribution in [2.75, 3.05) is 11.9 Å². The number of nitrogens with two attached hydrogens (primary N) is 1. The van der Waals surface area contributed by atoms with E-state index in [2.05, 4.69) is 0 Å². The summed E-state index contributed by atoms with van der Waals surface area (Å²) >= 11 is 0. The third-order valence-electron chi connectivity index (χ3n) is 6.86. The lowest BCUT2D eigenvalue weighted by Crippen LogP contribution is -2.67. The van der Waals surface area contributed by atoms with Crippen molar-refractivity contribution in [3.8, 4) is 0 Å². The summed E-state index contributed by atoms with van der Waals surface area (Å²) in [6.07, 6.45) is -1.44. The number of amides is 4. The molecule has 0 radical (unpaired) electrons. The molecule has 3 aromatic rings. The maximum Gasteiger partial charge on any atom is 0.391 e. The van der Waals surface area contributed by atoms with Crippen LogP contribution < -0.4 is 15.2 Å². The number of hydrogen-bond acceptors (Lipinski definition) is 5. The summed E-state index contributed by atoms with van der Waals surface area (Å²) in [6, 6.07) is 14.8. The van der Waals surface area contributed by atoms with E-state index in [9.17, 15) is 18.8 Å². The highest BCUT2D eigenvalue weighted by molar-refractivity contribution is 6.25. The zero-order chi connectivity index (χ0) is 26.2. The van der Waals surface area contributed by atoms with Gasteiger partial charge in [0.2, 0.25) is 0 Å². The molecule has 11 heteroatoms. The number of nitrogens with zero attached hydrogens (tertiary/aromatic N) is 5. The smallest absolute Gasteiger partial charge is 0.320 e. The summed E-state index contributed by atoms with van der Waals surface area (Å²) in [5, 5.41) is 1.91. The largest absolute Gasteiger partial charge is 0.391 e. The first-order chi connectivity index (χ1) is 17.7. The van der Waals surface area contributed by atoms with Crippen LogP contribution in [0.15, 0.2) is 71.7 Å². The van der Waals surface area contributed by atoms with Gasteiger partial charge in [0, 0.05) is 17.7 Å². The van der Waals surface area contributed by atoms with E-state index >= 15 is 4.39 Å². The van der Waals surface area contributed by atoms with Gasteiger partial charge in [0.1, 0.15) is 18.7 Å². The van der Waals surface area contributed by atoms with Crippen LogP contribution in [0.25, 0.3) is 0 Å². The number of hydrogen-bond donors (Lipinski definition) is 1. The number of halogens is 2. The highest BCUT2D eigenvalue weighted by Gasteiger charge is 2.67. The lowest BCUT2D eigenvalue weighted by Gasteiger charge is -2.42. The van der Waals surface area contributed by atoms with Crippen LogP contribution in [0.5, 0.6) is 0 Å². The molecule has 9 nitrogen and oxygen atoms in total. The summed E-state index contributed by atoms with van der Waals surface area (Å²) in [5.74, 6) is -3.08. The molecule has 37 heavy (non-hydrogen) atoms. The SMILES string of the molecule is C[C@H](N)C(=O)N1N2C(=O)N(c3ccc(F)cc3F)c3cccc4c3C(c3ccccc3)=NC2C(=O)[N@@+]41C. The predicted octanol–water partition coefficient (Wildman–Crippen LogP) is 3.20. The number of carbonyl (C=O) groups excluding carboxylic acids is 3. The van der Waals surface area contributed by atoms with Gasteiger partial charge in [0.15, 0.2) is 5.69 Å². The Labute approximate surface area is 210 Å². The highest BCUT2D eigenvalue weighted by Crippen LogP contribution is 2.49. The number of hydrazine groups is 1. The standard InChI is InChI=1S/C26H21F2N6O3/c1-14(29)24(35)33-32-23-25(36)34(33,2)20-10-6-9-19(21(20)22(30-23)15-7-4-3-5-8-15)31(26(32)37)18-12-11-16(27)13-17(18)28/h3-14,23H,29H2,1-2H3/q+1/t14-,23?,34+/m0/s1. The van der Waals surface area contributed by atoms with Crippen molar-refractivity contribution < 1.29 is 23.2 Å². The molecule has 186 valence electrons. The van der Waals surface area contributed by atoms with E-state index in [1.807, 2.05) is 6.07 Å². The van der Waals surface area contributed by atoms with E-state index in [0.29, 0.717) is 28.6 Å². The number of carbonyl (C=O) groups is 3. The summed E-state index contributed by atoms with van der Waals surface area (Å²) in [7, 11) is 1.50. The fourth-order valence-electron chi connectivity index (χ4n) is 5.14. The number of fused-ring (bicyclic) bond motifs is 1. The molecule has 1 fully saturated rings. The average Bonchev–Trinajstić information content (AvgIpc) is 3.04. The Hall–Kier alpha value is -4.48. The Bertz CT molecular complexity index is 1540. The van der Waals surface area contributed by atoms with E-state index in [1.54, 1.807) is 42.5 Å². The second-order valence-corrected chi connectivity index (χ2v) is 9.16. The van der Waals surface area contributed by atoms with E-state index in [-0.39, 0.29) is 11.4 Å². The number of urea groups is 1. The fraction of sp³-hybridized carbons (Fsp3) is 0.154. The first-order valence-electron chi connectivity index (χ1n) is 11.5. The molecule has 0 aliphatic carbocycles. The third kappa shape index (κ3) is 2.95. The van der Waals surface area contributed by atoms with Crippen LogP contribution in [0.4, 0.5) is 30.6 Å². The maximum atomic E-state index is 15.2. The van der Waals surface area contributed by atoms with Gasteiger partial charge in [0.05, 0.1) is 28.7 Å². The number of rotatable bonds is 3. The van der Waals surface area contributed by atoms with Gasteiger partial charge in [0.25, 0.3) is 6.17 Å². The van der Waals surface area contributed by atoms with Crippen LogP contribution in [0, 0.1) is 11.6 Å². The topological polar surface area (TPSA) is 99.3 Å². The molecule has 1 saturated heterocycles. The number of likely N-dealkylation sites (N-methyl/N-ethyl adjacent to an activating group) is 1. The van der Waals surface area contributed by atoms with E-state index in [1.165, 1.54) is 14.0 Å². The minimum atomic E-state index is -1.44. The zero-order valence-electron chi connectivity index (χ0n) is 19.8. The molecule has 4 amide bonds. The molecule has 6 bridgehead atoms. The average molecular weight is 503 g/mol. The first-order valence-corrected chi connectivity index (χ1v) is 11.5. The molecule has 7 rings (SSSR count). The van der Waals surface area contributed by atoms with Gasteiger partial charge in [-0.2, -0.15) is 0 Å². The van der Waals surface area contributed by atoms with Crippen LogP contribution in [0.2, 0.25) is 0 Å². The molecule has 0 saturated carbocycles. The van der Waals surface area contributed by atoms with Gasteiger partial charge in [-0.05, 0) is 25.1 Å². The Kier molecular flexibility index (Phi) is 4.81. The molecule has 0 aromatic heterocycles. The normalized spacial score (nSPS) is 22.7. The molecule has 3 atom stereocenters. The van der Waals surface area contributed by atoms with Gasteiger partial charge in [-0.15, -0.1) is 9.60 Å². The summed E-state index contributed by atoms with van der Waals surface area (Å²) in [6.45, 7) is 1.44. The van der Waals surface area contributed by atoms with Gasteiger partial charge in [-0.3, -0.25) is 9.69 Å². The van der Waals surface area contributed by atoms with Crippen LogP contribution in [0.3, 0.4) is 0 Å². The van der Waals surface area contributed by atoms with Crippen LogP contribution >= 0.6 is 0 Å². The molecule has 1 unspecified atom stereocenters. The molecule has 4 aliphatic heterocycles. The Morgan fingerprint density at radius 1 is 1.03 bits per heavy atom. The Morgan fingerprint density at radius 2 is 1.76 bits per heavy atom. The predicted molar refractivity (Wildman–Crippen MR) is 131 cm³/mol. The summed E-state index contributed by atoms with van der Waals surface area (Å²) in [4.78, 5) is 47.4. The van der Waals surface area contributed by atoms with Crippen molar-refractivity contribution >= 4 is 40.6 Å². The van der Waals surface area contributed by atoms with E-state index in [4.69, 9.17) is 10.7 Å². The molecule has 4 heterocycles. The minimum Gasteiger partial charge on any atom is -0.320 e. The lowest BCUT2D eigenvalue weighted by molar-refractivity contribution is -0.166. The monoisotopic (exact) mass is 503 g/mol. The first kappa shape index (κ1) is 23.0. The Balaban J connectivity index is 1.76. The molecule has 4 aliphatic rings. The Morgan fingerprint density at radius 3 is 2.43 bits per heavy atom. The van der Waals surface area contributed by atoms with Crippen molar-refractivity contribution in [3.63, 3.8) is 0 Å². The number of benzene rings is 3. The number of anilines is 2. The van der Waals surface area contributed by atoms with Crippen LogP contribution in [-0.2, 0) is 9.59 Å². The zero-order valence-corrected chi connectivity index (χ0v) is 19.8. The van der Waals surface area contributed by atoms with Gasteiger partial charge >= 0.3 is 17.8 Å². The van der Waals surface area contributed by atoms with E-state index < -0.39 is 46.3 Å². The van der Waals surface area contributed by atoms with Crippen molar-refractivity contribution in [1.82, 2.24) is 14.7 Å². The quantitative estimate of drug-likeness (QED) is 0.555. The number of quaternary nitrogens is 1. The van der Waals surface area contributed by atoms with Crippen molar-refractivity contribution in [3.05, 3.63) is 89.5 Å². The summed E-state index contributed by atoms with van der Waals surface area (Å²) < 4.78 is 28.3. The molecule has 0 spiro atoms. The van der Waals surface area contributed by atoms with Gasteiger partial charge < -0.3 is 5.73 Å². The second kappa shape index (κ2) is 7.76. The second-order valence-electron chi connectivity index (χ2n) is 9.16. The minimum absolute atomic E-state index is 0.228. The van der Waals surface area contributed by atoms with E-state index in [0.717, 1.165) is 27.2 Å². The maximum absolute atomic E-state index is 15.2. The van der Waals surface area contributed by atoms with Crippen molar-refractivity contribution in [2.45, 2.75) is 19.1 Å². The van der Waals surface area contributed by atoms with Crippen molar-refractivity contribution in [2.24, 2.45) is 10.7 Å². The van der Waals surface area contributed by atoms with Crippen molar-refractivity contribution in [1.29, 1.82) is 0 Å². The third-order valence-corrected chi connectivity index (χ3v) is 6.86. The lowest BCUT2D eigenvalue weighted by atomic mass is 9.96. The highest BCUT2D eigenvalue weighted by atomic mass is 19.1. The van der Waals surface area contributed by atoms with Crippen LogP contribution in [0.1, 0.15) is 18.1 Å². The van der Waals surface area contributed by atoms with Gasteiger partial charge in [-0.1, -0.05) is 41.5 Å². The molecular weight excluding hydrogens is 482 g/mol. The van der Waals surface area contributed by atoms with Gasteiger partial charge in [-0.25, -0.2) is 23.4 Å². The molecule has 3 aromatic carbocycles.